The van der Waals surface area contributed by atoms with Gasteiger partial charge in [-0.1, -0.05) is 0 Å². The van der Waals surface area contributed by atoms with Crippen molar-refractivity contribution < 1.29 is 32.5 Å². The van der Waals surface area contributed by atoms with Crippen molar-refractivity contribution in [2.24, 2.45) is 0 Å². The molecule has 2 N–H and O–H groups in total. The number of amides is 1. The summed E-state index contributed by atoms with van der Waals surface area (Å²) >= 11 is 0. The normalized spacial score (nSPS) is 12.6. The third kappa shape index (κ3) is 3.98. The van der Waals surface area contributed by atoms with E-state index in [-0.39, 0.29) is 5.82 Å². The van der Waals surface area contributed by atoms with E-state index in [9.17, 15) is 27.6 Å². The number of fused-ring (bicyclic) bond motifs is 1. The zero-order valence-corrected chi connectivity index (χ0v) is 14.2. The molecule has 3 aromatic rings. The number of nitrogens with zero attached hydrogens (tertiary/aromatic N) is 3. The number of carbonyl (C=O) groups is 1. The minimum absolute atomic E-state index is 0.0491. The Morgan fingerprint density at radius 2 is 1.79 bits per heavy atom. The number of aryl methyl sites for hydroxylation is 1. The minimum Gasteiger partial charge on any atom is -0.378 e. The fourth-order valence-electron chi connectivity index (χ4n) is 2.54. The van der Waals surface area contributed by atoms with Crippen molar-refractivity contribution in [2.45, 2.75) is 19.2 Å². The Kier molecular flexibility index (Phi) is 5.10. The van der Waals surface area contributed by atoms with Gasteiger partial charge in [-0.05, 0) is 30.7 Å². The van der Waals surface area contributed by atoms with Crippen LogP contribution in [0.4, 0.5) is 28.3 Å². The summed E-state index contributed by atoms with van der Waals surface area (Å²) in [5, 5.41) is 12.6. The van der Waals surface area contributed by atoms with Gasteiger partial charge in [-0.3, -0.25) is 15.3 Å². The quantitative estimate of drug-likeness (QED) is 0.649. The number of nitrogens with one attached hydrogen (secondary N) is 1. The van der Waals surface area contributed by atoms with Crippen molar-refractivity contribution in [1.29, 1.82) is 0 Å². The van der Waals surface area contributed by atoms with Crippen molar-refractivity contribution in [3.05, 3.63) is 48.0 Å². The van der Waals surface area contributed by atoms with E-state index in [4.69, 9.17) is 0 Å². The topological polar surface area (TPSA) is 97.2 Å². The molecular formula is C17H12F4N4O3. The maximum absolute atomic E-state index is 12.6. The molecule has 0 aromatic carbocycles. The van der Waals surface area contributed by atoms with Crippen LogP contribution in [0.25, 0.3) is 22.0 Å². The number of aliphatic hydroxyl groups excluding tert-OH is 1. The van der Waals surface area contributed by atoms with Gasteiger partial charge in [0.05, 0.1) is 11.4 Å². The van der Waals surface area contributed by atoms with E-state index < -0.39 is 24.1 Å². The number of aromatic nitrogens is 3. The van der Waals surface area contributed by atoms with E-state index in [1.54, 1.807) is 13.0 Å². The van der Waals surface area contributed by atoms with Crippen molar-refractivity contribution in [3.63, 3.8) is 0 Å². The average molecular weight is 396 g/mol. The van der Waals surface area contributed by atoms with Crippen LogP contribution in [0.3, 0.4) is 0 Å². The Morgan fingerprint density at radius 3 is 2.43 bits per heavy atom. The van der Waals surface area contributed by atoms with E-state index in [2.05, 4.69) is 25.2 Å². The van der Waals surface area contributed by atoms with Crippen molar-refractivity contribution in [1.82, 2.24) is 15.0 Å². The molecule has 0 radical (unpaired) electrons. The van der Waals surface area contributed by atoms with E-state index in [0.717, 1.165) is 6.07 Å². The molecule has 7 nitrogen and oxygen atoms in total. The summed E-state index contributed by atoms with van der Waals surface area (Å²) in [4.78, 5) is 25.7. The maximum atomic E-state index is 12.6. The van der Waals surface area contributed by atoms with Gasteiger partial charge in [0.15, 0.2) is 6.10 Å². The largest absolute Gasteiger partial charge is 0.450 e. The number of anilines is 1. The molecule has 146 valence electrons. The molecule has 1 amide bonds. The Balaban J connectivity index is 1.93. The molecule has 3 heterocycles. The summed E-state index contributed by atoms with van der Waals surface area (Å²) in [6.07, 6.45) is -4.74. The highest BCUT2D eigenvalue weighted by molar-refractivity contribution is 5.90. The molecule has 0 aliphatic carbocycles. The van der Waals surface area contributed by atoms with Gasteiger partial charge >= 0.3 is 12.3 Å². The fourth-order valence-corrected chi connectivity index (χ4v) is 2.54. The second-order valence-corrected chi connectivity index (χ2v) is 5.84. The summed E-state index contributed by atoms with van der Waals surface area (Å²) in [6, 6.07) is 4.22. The molecule has 0 saturated carbocycles. The van der Waals surface area contributed by atoms with E-state index in [1.807, 2.05) is 0 Å². The summed E-state index contributed by atoms with van der Waals surface area (Å²) in [5.41, 5.74) is 0.836. The lowest BCUT2D eigenvalue weighted by Crippen LogP contribution is -2.21. The van der Waals surface area contributed by atoms with Gasteiger partial charge in [0.1, 0.15) is 5.82 Å². The summed E-state index contributed by atoms with van der Waals surface area (Å²) in [5.74, 6) is 0.0491. The van der Waals surface area contributed by atoms with Crippen LogP contribution in [0, 0.1) is 6.92 Å². The first-order valence-electron chi connectivity index (χ1n) is 7.76. The Bertz CT molecular complexity index is 1040. The zero-order chi connectivity index (χ0) is 20.5. The van der Waals surface area contributed by atoms with Crippen LogP contribution in [0.2, 0.25) is 0 Å². The highest BCUT2D eigenvalue weighted by Crippen LogP contribution is 2.33. The highest BCUT2D eigenvalue weighted by Gasteiger charge is 2.40. The first-order chi connectivity index (χ1) is 13.2. The molecule has 0 saturated heterocycles. The lowest BCUT2D eigenvalue weighted by Gasteiger charge is -2.15. The average Bonchev–Trinajstić information content (AvgIpc) is 2.66. The molecule has 0 aliphatic heterocycles. The standard InChI is InChI=1S/C17H12F4N4O3/c1-8-2-13(15(26)17(18,19)20)23-7-11(8)12-3-9-6-24-14(25-16(27)28-21)4-10(9)5-22-12/h2-7,15,26H,1H3,(H,24,25,27)/t15-/m1/s1. The number of pyridine rings is 3. The molecule has 0 aliphatic rings. The molecule has 1 atom stereocenters. The Hall–Kier alpha value is -3.34. The molecule has 0 spiro atoms. The van der Waals surface area contributed by atoms with E-state index >= 15 is 0 Å². The Labute approximate surface area is 154 Å². The van der Waals surface area contributed by atoms with Crippen LogP contribution >= 0.6 is 0 Å². The lowest BCUT2D eigenvalue weighted by atomic mass is 10.0. The van der Waals surface area contributed by atoms with Gasteiger partial charge in [-0.25, -0.2) is 14.7 Å². The SMILES string of the molecule is Cc1cc([C@@H](O)C(F)(F)F)ncc1-c1cc2cnc(NC(=O)OF)cc2cn1. The van der Waals surface area contributed by atoms with Crippen molar-refractivity contribution in [3.8, 4) is 11.3 Å². The molecule has 28 heavy (non-hydrogen) atoms. The van der Waals surface area contributed by atoms with Crippen molar-refractivity contribution in [2.75, 3.05) is 5.32 Å². The zero-order valence-electron chi connectivity index (χ0n) is 14.2. The molecule has 0 fully saturated rings. The number of aliphatic hydroxyl groups is 1. The molecule has 3 rings (SSSR count). The lowest BCUT2D eigenvalue weighted by molar-refractivity contribution is -0.207. The Morgan fingerprint density at radius 1 is 1.11 bits per heavy atom. The third-order valence-corrected chi connectivity index (χ3v) is 3.90. The molecule has 0 unspecified atom stereocenters. The summed E-state index contributed by atoms with van der Waals surface area (Å²) in [7, 11) is 0. The van der Waals surface area contributed by atoms with Gasteiger partial charge in [0.2, 0.25) is 0 Å². The maximum Gasteiger partial charge on any atom is 0.450 e. The predicted molar refractivity (Wildman–Crippen MR) is 89.7 cm³/mol. The van der Waals surface area contributed by atoms with Gasteiger partial charge in [0.25, 0.3) is 0 Å². The van der Waals surface area contributed by atoms with Gasteiger partial charge < -0.3 is 5.11 Å². The molecule has 0 bridgehead atoms. The first kappa shape index (κ1) is 19.4. The van der Waals surface area contributed by atoms with Crippen molar-refractivity contribution >= 4 is 22.7 Å². The second-order valence-electron chi connectivity index (χ2n) is 5.84. The monoisotopic (exact) mass is 396 g/mol. The van der Waals surface area contributed by atoms with E-state index in [0.29, 0.717) is 27.6 Å². The number of carbonyl (C=O) groups excluding carboxylic acids is 1. The van der Waals surface area contributed by atoms with Crippen LogP contribution in [0.1, 0.15) is 17.4 Å². The van der Waals surface area contributed by atoms with Gasteiger partial charge in [-0.2, -0.15) is 13.2 Å². The summed E-state index contributed by atoms with van der Waals surface area (Å²) in [6.45, 7) is 1.57. The minimum atomic E-state index is -4.81. The number of hydrogen-bond acceptors (Lipinski definition) is 6. The number of alkyl halides is 3. The van der Waals surface area contributed by atoms with Gasteiger partial charge in [-0.15, -0.1) is 0 Å². The van der Waals surface area contributed by atoms with Crippen LogP contribution in [-0.4, -0.2) is 32.3 Å². The summed E-state index contributed by atoms with van der Waals surface area (Å²) < 4.78 is 49.7. The van der Waals surface area contributed by atoms with Crippen LogP contribution < -0.4 is 5.32 Å². The molecule has 11 heteroatoms. The predicted octanol–water partition coefficient (Wildman–Crippen LogP) is 4.03. The number of halogens is 4. The van der Waals surface area contributed by atoms with E-state index in [1.165, 1.54) is 24.7 Å². The van der Waals surface area contributed by atoms with Crippen LogP contribution in [-0.2, 0) is 4.94 Å². The molecule has 3 aromatic heterocycles. The fraction of sp³-hybridized carbons (Fsp3) is 0.176. The van der Waals surface area contributed by atoms with Gasteiger partial charge in [0, 0.05) is 39.5 Å². The second kappa shape index (κ2) is 7.35. The molecular weight excluding hydrogens is 384 g/mol. The first-order valence-corrected chi connectivity index (χ1v) is 7.76. The number of hydrogen-bond donors (Lipinski definition) is 2. The third-order valence-electron chi connectivity index (χ3n) is 3.90. The number of rotatable bonds is 3. The van der Waals surface area contributed by atoms with Crippen LogP contribution in [0.15, 0.2) is 36.8 Å². The smallest absolute Gasteiger partial charge is 0.378 e. The highest BCUT2D eigenvalue weighted by atomic mass is 19.4. The van der Waals surface area contributed by atoms with Crippen LogP contribution in [0.5, 0.6) is 0 Å².